The summed E-state index contributed by atoms with van der Waals surface area (Å²) in [5, 5.41) is 5.70. The molecule has 3 amide bonds. The summed E-state index contributed by atoms with van der Waals surface area (Å²) in [6, 6.07) is 5.03. The van der Waals surface area contributed by atoms with Crippen LogP contribution in [0.5, 0.6) is 5.75 Å². The van der Waals surface area contributed by atoms with E-state index >= 15 is 0 Å². The molecule has 0 atom stereocenters. The quantitative estimate of drug-likeness (QED) is 0.734. The summed E-state index contributed by atoms with van der Waals surface area (Å²) in [7, 11) is 0. The predicted octanol–water partition coefficient (Wildman–Crippen LogP) is 1.17. The number of benzene rings is 1. The largest absolute Gasteiger partial charge is 0.482 e. The van der Waals surface area contributed by atoms with Crippen LogP contribution in [0.15, 0.2) is 18.2 Å². The van der Waals surface area contributed by atoms with E-state index in [1.54, 1.807) is 6.07 Å². The first kappa shape index (κ1) is 14.6. The molecule has 0 spiro atoms. The van der Waals surface area contributed by atoms with Crippen molar-refractivity contribution in [2.75, 3.05) is 6.61 Å². The molecular formula is C13H16ClN3O3. The topological polar surface area (TPSA) is 93.5 Å². The number of carbonyl (C=O) groups excluding carboxylic acids is 2. The minimum absolute atomic E-state index is 0.316. The van der Waals surface area contributed by atoms with Crippen LogP contribution in [0.25, 0.3) is 0 Å². The minimum atomic E-state index is -0.909. The lowest BCUT2D eigenvalue weighted by Crippen LogP contribution is -2.38. The van der Waals surface area contributed by atoms with E-state index in [9.17, 15) is 9.59 Å². The highest BCUT2D eigenvalue weighted by molar-refractivity contribution is 6.32. The first-order chi connectivity index (χ1) is 9.56. The second-order valence-corrected chi connectivity index (χ2v) is 4.99. The number of urea groups is 1. The van der Waals surface area contributed by atoms with E-state index in [1.807, 2.05) is 17.4 Å². The number of ether oxygens (including phenoxy) is 1. The van der Waals surface area contributed by atoms with E-state index in [0.29, 0.717) is 23.4 Å². The maximum Gasteiger partial charge on any atom is 0.318 e. The van der Waals surface area contributed by atoms with E-state index in [4.69, 9.17) is 22.1 Å². The standard InChI is InChI=1S/C13H16ClN3O3/c14-10-3-1-2-8(6-16-9-4-5-9)12(10)20-7-11(18)17-13(15)19/h1-3,9,16H,4-7H2,(H3,15,17,18,19). The van der Waals surface area contributed by atoms with Crippen molar-refractivity contribution in [1.82, 2.24) is 10.6 Å². The highest BCUT2D eigenvalue weighted by Gasteiger charge is 2.21. The van der Waals surface area contributed by atoms with Crippen LogP contribution in [0.4, 0.5) is 4.79 Å². The Morgan fingerprint density at radius 2 is 2.15 bits per heavy atom. The van der Waals surface area contributed by atoms with Gasteiger partial charge in [-0.3, -0.25) is 10.1 Å². The Morgan fingerprint density at radius 1 is 1.40 bits per heavy atom. The van der Waals surface area contributed by atoms with Crippen LogP contribution in [0.3, 0.4) is 0 Å². The summed E-state index contributed by atoms with van der Waals surface area (Å²) in [5.41, 5.74) is 5.72. The van der Waals surface area contributed by atoms with Gasteiger partial charge in [-0.2, -0.15) is 0 Å². The van der Waals surface area contributed by atoms with Crippen molar-refractivity contribution >= 4 is 23.5 Å². The van der Waals surface area contributed by atoms with Crippen LogP contribution in [0, 0.1) is 0 Å². The Kier molecular flexibility index (Phi) is 4.81. The second kappa shape index (κ2) is 6.58. The number of hydrogen-bond donors (Lipinski definition) is 3. The van der Waals surface area contributed by atoms with Gasteiger partial charge >= 0.3 is 6.03 Å². The summed E-state index contributed by atoms with van der Waals surface area (Å²) in [4.78, 5) is 21.9. The van der Waals surface area contributed by atoms with Gasteiger partial charge in [-0.15, -0.1) is 0 Å². The molecule has 0 heterocycles. The van der Waals surface area contributed by atoms with Crippen molar-refractivity contribution in [2.24, 2.45) is 5.73 Å². The highest BCUT2D eigenvalue weighted by Crippen LogP contribution is 2.29. The molecule has 1 aromatic carbocycles. The molecule has 0 aromatic heterocycles. The van der Waals surface area contributed by atoms with Gasteiger partial charge in [0, 0.05) is 18.2 Å². The van der Waals surface area contributed by atoms with Crippen molar-refractivity contribution in [3.8, 4) is 5.75 Å². The first-order valence-electron chi connectivity index (χ1n) is 6.29. The molecule has 0 unspecified atom stereocenters. The fourth-order valence-corrected chi connectivity index (χ4v) is 1.96. The molecule has 0 aliphatic heterocycles. The van der Waals surface area contributed by atoms with Gasteiger partial charge in [0.1, 0.15) is 5.75 Å². The highest BCUT2D eigenvalue weighted by atomic mass is 35.5. The van der Waals surface area contributed by atoms with Gasteiger partial charge in [-0.25, -0.2) is 4.79 Å². The van der Waals surface area contributed by atoms with Crippen LogP contribution < -0.4 is 21.1 Å². The van der Waals surface area contributed by atoms with Crippen molar-refractivity contribution in [3.05, 3.63) is 28.8 Å². The van der Waals surface area contributed by atoms with Crippen LogP contribution in [0.1, 0.15) is 18.4 Å². The fourth-order valence-electron chi connectivity index (χ4n) is 1.71. The SMILES string of the molecule is NC(=O)NC(=O)COc1c(Cl)cccc1CNC1CC1. The minimum Gasteiger partial charge on any atom is -0.482 e. The molecule has 1 saturated carbocycles. The molecule has 0 saturated heterocycles. The lowest BCUT2D eigenvalue weighted by atomic mass is 10.2. The van der Waals surface area contributed by atoms with E-state index in [1.165, 1.54) is 12.8 Å². The third-order valence-electron chi connectivity index (χ3n) is 2.82. The average molecular weight is 298 g/mol. The molecule has 1 aliphatic carbocycles. The van der Waals surface area contributed by atoms with Crippen molar-refractivity contribution in [3.63, 3.8) is 0 Å². The number of nitrogens with one attached hydrogen (secondary N) is 2. The van der Waals surface area contributed by atoms with Crippen molar-refractivity contribution in [2.45, 2.75) is 25.4 Å². The van der Waals surface area contributed by atoms with Crippen molar-refractivity contribution in [1.29, 1.82) is 0 Å². The molecule has 4 N–H and O–H groups in total. The van der Waals surface area contributed by atoms with E-state index in [-0.39, 0.29) is 6.61 Å². The van der Waals surface area contributed by atoms with Gasteiger partial charge in [0.05, 0.1) is 5.02 Å². The zero-order valence-corrected chi connectivity index (χ0v) is 11.6. The number of amides is 3. The van der Waals surface area contributed by atoms with Gasteiger partial charge in [-0.05, 0) is 18.9 Å². The summed E-state index contributed by atoms with van der Waals surface area (Å²) >= 11 is 6.07. The van der Waals surface area contributed by atoms with E-state index in [0.717, 1.165) is 5.56 Å². The molecule has 1 aliphatic rings. The van der Waals surface area contributed by atoms with E-state index in [2.05, 4.69) is 5.32 Å². The number of halogens is 1. The molecule has 108 valence electrons. The number of para-hydroxylation sites is 1. The van der Waals surface area contributed by atoms with Crippen LogP contribution in [-0.2, 0) is 11.3 Å². The van der Waals surface area contributed by atoms with Crippen molar-refractivity contribution < 1.29 is 14.3 Å². The predicted molar refractivity (Wildman–Crippen MR) is 74.5 cm³/mol. The van der Waals surface area contributed by atoms with Crippen LogP contribution in [-0.4, -0.2) is 24.6 Å². The molecular weight excluding hydrogens is 282 g/mol. The summed E-state index contributed by atoms with van der Waals surface area (Å²) in [6.07, 6.45) is 2.36. The fraction of sp³-hybridized carbons (Fsp3) is 0.385. The Labute approximate surface area is 121 Å². The third kappa shape index (κ3) is 4.40. The smallest absolute Gasteiger partial charge is 0.318 e. The van der Waals surface area contributed by atoms with E-state index < -0.39 is 11.9 Å². The molecule has 7 heteroatoms. The van der Waals surface area contributed by atoms with Gasteiger partial charge in [-0.1, -0.05) is 23.7 Å². The van der Waals surface area contributed by atoms with Gasteiger partial charge in [0.25, 0.3) is 5.91 Å². The zero-order valence-electron chi connectivity index (χ0n) is 10.8. The monoisotopic (exact) mass is 297 g/mol. The first-order valence-corrected chi connectivity index (χ1v) is 6.67. The average Bonchev–Trinajstić information content (AvgIpc) is 3.18. The normalized spacial score (nSPS) is 13.8. The second-order valence-electron chi connectivity index (χ2n) is 4.58. The summed E-state index contributed by atoms with van der Waals surface area (Å²) < 4.78 is 5.39. The number of primary amides is 1. The molecule has 1 aromatic rings. The summed E-state index contributed by atoms with van der Waals surface area (Å²) in [6.45, 7) is 0.307. The van der Waals surface area contributed by atoms with Gasteiger partial charge in [0.15, 0.2) is 6.61 Å². The molecule has 0 radical (unpaired) electrons. The Morgan fingerprint density at radius 3 is 2.80 bits per heavy atom. The number of carbonyl (C=O) groups is 2. The lowest BCUT2D eigenvalue weighted by Gasteiger charge is -2.13. The number of hydrogen-bond acceptors (Lipinski definition) is 4. The Bertz CT molecular complexity index is 518. The number of imide groups is 1. The molecule has 0 bridgehead atoms. The zero-order chi connectivity index (χ0) is 14.5. The van der Waals surface area contributed by atoms with Gasteiger partial charge in [0.2, 0.25) is 0 Å². The maximum absolute atomic E-state index is 11.3. The van der Waals surface area contributed by atoms with Gasteiger partial charge < -0.3 is 15.8 Å². The molecule has 6 nitrogen and oxygen atoms in total. The lowest BCUT2D eigenvalue weighted by molar-refractivity contribution is -0.121. The van der Waals surface area contributed by atoms with Crippen LogP contribution >= 0.6 is 11.6 Å². The molecule has 1 fully saturated rings. The number of nitrogens with two attached hydrogens (primary N) is 1. The maximum atomic E-state index is 11.3. The third-order valence-corrected chi connectivity index (χ3v) is 3.11. The Hall–Kier alpha value is -1.79. The Balaban J connectivity index is 1.97. The molecule has 2 rings (SSSR count). The van der Waals surface area contributed by atoms with Crippen LogP contribution in [0.2, 0.25) is 5.02 Å². The number of rotatable bonds is 6. The summed E-state index contributed by atoms with van der Waals surface area (Å²) in [5.74, 6) is -0.166. The molecule has 20 heavy (non-hydrogen) atoms.